The number of amides is 1. The van der Waals surface area contributed by atoms with Crippen molar-refractivity contribution in [3.05, 3.63) is 82.4 Å². The van der Waals surface area contributed by atoms with Crippen LogP contribution in [-0.4, -0.2) is 28.0 Å². The molecule has 3 aromatic rings. The van der Waals surface area contributed by atoms with Crippen LogP contribution >= 0.6 is 11.8 Å². The molecule has 1 heterocycles. The Kier molecular flexibility index (Phi) is 7.24. The Morgan fingerprint density at radius 2 is 1.83 bits per heavy atom. The highest BCUT2D eigenvalue weighted by atomic mass is 32.2. The quantitative estimate of drug-likeness (QED) is 0.557. The highest BCUT2D eigenvalue weighted by Crippen LogP contribution is 2.15. The lowest BCUT2D eigenvalue weighted by atomic mass is 10.2. The van der Waals surface area contributed by atoms with Gasteiger partial charge in [0, 0.05) is 23.6 Å². The largest absolute Gasteiger partial charge is 0.463 e. The lowest BCUT2D eigenvalue weighted by Gasteiger charge is -2.17. The Hall–Kier alpha value is -3.13. The number of hydrogen-bond acceptors (Lipinski definition) is 5. The SMILES string of the molecule is CC[C@@H](Oc1ccc(=O)n(-c2ccc(F)cc2)n1)C(=O)NCc1ccc(SC)cc1. The first-order chi connectivity index (χ1) is 14.5. The number of halogens is 1. The summed E-state index contributed by atoms with van der Waals surface area (Å²) in [4.78, 5) is 25.8. The maximum absolute atomic E-state index is 13.1. The van der Waals surface area contributed by atoms with Crippen molar-refractivity contribution in [1.82, 2.24) is 15.1 Å². The van der Waals surface area contributed by atoms with Gasteiger partial charge in [-0.15, -0.1) is 16.9 Å². The zero-order valence-electron chi connectivity index (χ0n) is 16.7. The molecular formula is C22H22FN3O3S. The second kappa shape index (κ2) is 10.1. The van der Waals surface area contributed by atoms with Crippen LogP contribution in [0.5, 0.6) is 5.88 Å². The van der Waals surface area contributed by atoms with Crippen LogP contribution in [0.4, 0.5) is 4.39 Å². The molecule has 0 unspecified atom stereocenters. The second-order valence-corrected chi connectivity index (χ2v) is 7.36. The Morgan fingerprint density at radius 3 is 2.47 bits per heavy atom. The highest BCUT2D eigenvalue weighted by Gasteiger charge is 2.19. The number of carbonyl (C=O) groups is 1. The summed E-state index contributed by atoms with van der Waals surface area (Å²) >= 11 is 1.66. The molecular weight excluding hydrogens is 405 g/mol. The normalized spacial score (nSPS) is 11.7. The molecule has 0 saturated carbocycles. The Labute approximate surface area is 178 Å². The number of nitrogens with zero attached hydrogens (tertiary/aromatic N) is 2. The van der Waals surface area contributed by atoms with Crippen molar-refractivity contribution in [2.75, 3.05) is 6.26 Å². The Balaban J connectivity index is 1.68. The van der Waals surface area contributed by atoms with Gasteiger partial charge in [0.2, 0.25) is 5.88 Å². The number of ether oxygens (including phenoxy) is 1. The fourth-order valence-corrected chi connectivity index (χ4v) is 3.15. The summed E-state index contributed by atoms with van der Waals surface area (Å²) in [5, 5.41) is 7.02. The van der Waals surface area contributed by atoms with E-state index >= 15 is 0 Å². The number of carbonyl (C=O) groups excluding carboxylic acids is 1. The average molecular weight is 428 g/mol. The molecule has 30 heavy (non-hydrogen) atoms. The first kappa shape index (κ1) is 21.6. The number of rotatable bonds is 8. The minimum atomic E-state index is -0.762. The average Bonchev–Trinajstić information content (AvgIpc) is 2.78. The van der Waals surface area contributed by atoms with Gasteiger partial charge in [0.15, 0.2) is 6.10 Å². The molecule has 2 aromatic carbocycles. The molecule has 3 rings (SSSR count). The molecule has 156 valence electrons. The first-order valence-electron chi connectivity index (χ1n) is 9.43. The molecule has 8 heteroatoms. The van der Waals surface area contributed by atoms with Crippen LogP contribution in [0.15, 0.2) is 70.4 Å². The van der Waals surface area contributed by atoms with Crippen molar-refractivity contribution in [2.24, 2.45) is 0 Å². The molecule has 0 aliphatic carbocycles. The standard InChI is InChI=1S/C22H22FN3O3S/c1-3-19(22(28)24-14-15-4-10-18(30-2)11-5-15)29-20-12-13-21(27)26(25-20)17-8-6-16(23)7-9-17/h4-13,19H,3,14H2,1-2H3,(H,24,28)/t19-/m1/s1. The maximum Gasteiger partial charge on any atom is 0.271 e. The van der Waals surface area contributed by atoms with Gasteiger partial charge in [-0.3, -0.25) is 9.59 Å². The summed E-state index contributed by atoms with van der Waals surface area (Å²) in [6, 6.07) is 16.0. The lowest BCUT2D eigenvalue weighted by Crippen LogP contribution is -2.38. The van der Waals surface area contributed by atoms with Crippen molar-refractivity contribution in [1.29, 1.82) is 0 Å². The topological polar surface area (TPSA) is 73.2 Å². The van der Waals surface area contributed by atoms with E-state index in [1.807, 2.05) is 37.4 Å². The minimum Gasteiger partial charge on any atom is -0.463 e. The predicted octanol–water partition coefficient (Wildman–Crippen LogP) is 3.57. The molecule has 0 aliphatic rings. The van der Waals surface area contributed by atoms with Crippen LogP contribution in [0.1, 0.15) is 18.9 Å². The van der Waals surface area contributed by atoms with E-state index in [4.69, 9.17) is 4.74 Å². The van der Waals surface area contributed by atoms with Gasteiger partial charge in [-0.05, 0) is 54.6 Å². The molecule has 1 amide bonds. The monoisotopic (exact) mass is 427 g/mol. The number of hydrogen-bond donors (Lipinski definition) is 1. The van der Waals surface area contributed by atoms with E-state index in [0.717, 1.165) is 15.1 Å². The van der Waals surface area contributed by atoms with Crippen LogP contribution in [0.3, 0.4) is 0 Å². The van der Waals surface area contributed by atoms with Crippen LogP contribution in [0.2, 0.25) is 0 Å². The van der Waals surface area contributed by atoms with Crippen LogP contribution < -0.4 is 15.6 Å². The zero-order chi connectivity index (χ0) is 21.5. The van der Waals surface area contributed by atoms with E-state index in [1.54, 1.807) is 11.8 Å². The van der Waals surface area contributed by atoms with Gasteiger partial charge in [0.1, 0.15) is 5.82 Å². The van der Waals surface area contributed by atoms with Crippen molar-refractivity contribution in [2.45, 2.75) is 30.9 Å². The molecule has 0 radical (unpaired) electrons. The van der Waals surface area contributed by atoms with E-state index in [1.165, 1.54) is 36.4 Å². The number of benzene rings is 2. The third-order valence-corrected chi connectivity index (χ3v) is 5.14. The van der Waals surface area contributed by atoms with Gasteiger partial charge < -0.3 is 10.1 Å². The summed E-state index contributed by atoms with van der Waals surface area (Å²) < 4.78 is 20.0. The molecule has 0 bridgehead atoms. The molecule has 0 spiro atoms. The van der Waals surface area contributed by atoms with E-state index < -0.39 is 11.9 Å². The maximum atomic E-state index is 13.1. The van der Waals surface area contributed by atoms with E-state index in [9.17, 15) is 14.0 Å². The highest BCUT2D eigenvalue weighted by molar-refractivity contribution is 7.98. The van der Waals surface area contributed by atoms with Gasteiger partial charge in [-0.25, -0.2) is 4.39 Å². The number of aromatic nitrogens is 2. The zero-order valence-corrected chi connectivity index (χ0v) is 17.5. The molecule has 6 nitrogen and oxygen atoms in total. The number of nitrogens with one attached hydrogen (secondary N) is 1. The van der Waals surface area contributed by atoms with Crippen LogP contribution in [0.25, 0.3) is 5.69 Å². The van der Waals surface area contributed by atoms with E-state index in [0.29, 0.717) is 18.7 Å². The Bertz CT molecular complexity index is 1050. The molecule has 0 aliphatic heterocycles. The fraction of sp³-hybridized carbons (Fsp3) is 0.227. The van der Waals surface area contributed by atoms with Gasteiger partial charge in [-0.2, -0.15) is 4.68 Å². The van der Waals surface area contributed by atoms with Gasteiger partial charge >= 0.3 is 0 Å². The molecule has 1 aromatic heterocycles. The molecule has 0 saturated heterocycles. The third kappa shape index (κ3) is 5.48. The summed E-state index contributed by atoms with van der Waals surface area (Å²) in [5.74, 6) is -0.553. The smallest absolute Gasteiger partial charge is 0.271 e. The Morgan fingerprint density at radius 1 is 1.13 bits per heavy atom. The van der Waals surface area contributed by atoms with E-state index in [2.05, 4.69) is 10.4 Å². The molecule has 1 N–H and O–H groups in total. The van der Waals surface area contributed by atoms with Crippen LogP contribution in [-0.2, 0) is 11.3 Å². The van der Waals surface area contributed by atoms with Crippen LogP contribution in [0, 0.1) is 5.82 Å². The third-order valence-electron chi connectivity index (χ3n) is 4.40. The molecule has 1 atom stereocenters. The molecule has 0 fully saturated rings. The fourth-order valence-electron chi connectivity index (χ4n) is 2.74. The van der Waals surface area contributed by atoms with Crippen molar-refractivity contribution >= 4 is 17.7 Å². The first-order valence-corrected chi connectivity index (χ1v) is 10.7. The number of thioether (sulfide) groups is 1. The second-order valence-electron chi connectivity index (χ2n) is 6.48. The lowest BCUT2D eigenvalue weighted by molar-refractivity contribution is -0.128. The van der Waals surface area contributed by atoms with Gasteiger partial charge in [0.05, 0.1) is 5.69 Å². The summed E-state index contributed by atoms with van der Waals surface area (Å²) in [6.07, 6.45) is 1.67. The minimum absolute atomic E-state index is 0.130. The summed E-state index contributed by atoms with van der Waals surface area (Å²) in [6.45, 7) is 2.21. The van der Waals surface area contributed by atoms with Crippen molar-refractivity contribution in [3.8, 4) is 11.6 Å². The van der Waals surface area contributed by atoms with Gasteiger partial charge in [0.25, 0.3) is 11.5 Å². The predicted molar refractivity (Wildman–Crippen MR) is 115 cm³/mol. The van der Waals surface area contributed by atoms with Crippen molar-refractivity contribution in [3.63, 3.8) is 0 Å². The van der Waals surface area contributed by atoms with E-state index in [-0.39, 0.29) is 17.3 Å². The summed E-state index contributed by atoms with van der Waals surface area (Å²) in [7, 11) is 0. The van der Waals surface area contributed by atoms with Crippen molar-refractivity contribution < 1.29 is 13.9 Å². The van der Waals surface area contributed by atoms with Gasteiger partial charge in [-0.1, -0.05) is 19.1 Å². The summed E-state index contributed by atoms with van der Waals surface area (Å²) in [5.41, 5.74) is 0.997.